The van der Waals surface area contributed by atoms with E-state index < -0.39 is 0 Å². The van der Waals surface area contributed by atoms with Crippen LogP contribution in [0, 0.1) is 5.41 Å². The Bertz CT molecular complexity index is 92.6. The maximum atomic E-state index is 3.77. The van der Waals surface area contributed by atoms with Crippen molar-refractivity contribution >= 4 is 0 Å². The van der Waals surface area contributed by atoms with Crippen LogP contribution >= 0.6 is 0 Å². The summed E-state index contributed by atoms with van der Waals surface area (Å²) in [5.74, 6) is 0. The molecule has 0 radical (unpaired) electrons. The number of hydrogen-bond acceptors (Lipinski definition) is 1. The molecule has 0 heterocycles. The molecule has 8 heavy (non-hydrogen) atoms. The van der Waals surface area contributed by atoms with E-state index in [1.165, 1.54) is 12.8 Å². The first-order valence-electron chi connectivity index (χ1n) is 3.11. The van der Waals surface area contributed by atoms with Crippen LogP contribution in [-0.4, -0.2) is 13.6 Å². The molecule has 0 aromatic rings. The molecule has 1 nitrogen and oxygen atoms in total. The van der Waals surface area contributed by atoms with Gasteiger partial charge in [-0.2, -0.15) is 0 Å². The number of nitrogens with one attached hydrogen (secondary N) is 1. The SMILES string of the molecule is C=CC1(CNC)CC1. The van der Waals surface area contributed by atoms with E-state index in [0.29, 0.717) is 5.41 Å². The lowest BCUT2D eigenvalue weighted by Crippen LogP contribution is -2.17. The second-order valence-electron chi connectivity index (χ2n) is 2.60. The Kier molecular flexibility index (Phi) is 1.39. The Labute approximate surface area is 50.8 Å². The zero-order valence-corrected chi connectivity index (χ0v) is 5.41. The predicted octanol–water partition coefficient (Wildman–Crippen LogP) is 1.17. The molecular formula is C7H13N. The molecule has 0 aromatic heterocycles. The molecule has 1 heteroatoms. The van der Waals surface area contributed by atoms with Gasteiger partial charge in [0.15, 0.2) is 0 Å². The van der Waals surface area contributed by atoms with Gasteiger partial charge in [-0.3, -0.25) is 0 Å². The van der Waals surface area contributed by atoms with E-state index in [0.717, 1.165) is 6.54 Å². The summed E-state index contributed by atoms with van der Waals surface area (Å²) in [6, 6.07) is 0. The van der Waals surface area contributed by atoms with Crippen LogP contribution in [0.2, 0.25) is 0 Å². The van der Waals surface area contributed by atoms with Crippen molar-refractivity contribution in [1.82, 2.24) is 5.32 Å². The second kappa shape index (κ2) is 1.90. The van der Waals surface area contributed by atoms with Crippen LogP contribution in [0.4, 0.5) is 0 Å². The van der Waals surface area contributed by atoms with Crippen LogP contribution in [0.1, 0.15) is 12.8 Å². The van der Waals surface area contributed by atoms with Gasteiger partial charge in [0.25, 0.3) is 0 Å². The van der Waals surface area contributed by atoms with Crippen molar-refractivity contribution < 1.29 is 0 Å². The standard InChI is InChI=1S/C7H13N/c1-3-7(4-5-7)6-8-2/h3,8H,1,4-6H2,2H3. The minimum Gasteiger partial charge on any atom is -0.319 e. The van der Waals surface area contributed by atoms with Crippen LogP contribution in [0.25, 0.3) is 0 Å². The van der Waals surface area contributed by atoms with Gasteiger partial charge in [0.05, 0.1) is 0 Å². The smallest absolute Gasteiger partial charge is 0.00394 e. The number of rotatable bonds is 3. The maximum absolute atomic E-state index is 3.77. The highest BCUT2D eigenvalue weighted by Crippen LogP contribution is 2.45. The molecule has 0 bridgehead atoms. The first-order chi connectivity index (χ1) is 3.83. The Morgan fingerprint density at radius 1 is 1.75 bits per heavy atom. The highest BCUT2D eigenvalue weighted by Gasteiger charge is 2.38. The van der Waals surface area contributed by atoms with E-state index in [-0.39, 0.29) is 0 Å². The van der Waals surface area contributed by atoms with Gasteiger partial charge >= 0.3 is 0 Å². The van der Waals surface area contributed by atoms with Crippen LogP contribution in [-0.2, 0) is 0 Å². The summed E-state index contributed by atoms with van der Waals surface area (Å²) in [5, 5.41) is 3.15. The fraction of sp³-hybridized carbons (Fsp3) is 0.714. The average molecular weight is 111 g/mol. The van der Waals surface area contributed by atoms with Crippen molar-refractivity contribution in [2.75, 3.05) is 13.6 Å². The molecule has 1 aliphatic carbocycles. The van der Waals surface area contributed by atoms with Crippen molar-refractivity contribution in [2.24, 2.45) is 5.41 Å². The van der Waals surface area contributed by atoms with Crippen molar-refractivity contribution in [2.45, 2.75) is 12.8 Å². The summed E-state index contributed by atoms with van der Waals surface area (Å²) < 4.78 is 0. The third-order valence-corrected chi connectivity index (χ3v) is 1.85. The minimum absolute atomic E-state index is 0.495. The summed E-state index contributed by atoms with van der Waals surface area (Å²) in [4.78, 5) is 0. The van der Waals surface area contributed by atoms with Crippen molar-refractivity contribution in [3.05, 3.63) is 12.7 Å². The maximum Gasteiger partial charge on any atom is 0.00394 e. The molecule has 1 saturated carbocycles. The predicted molar refractivity (Wildman–Crippen MR) is 35.8 cm³/mol. The van der Waals surface area contributed by atoms with Crippen LogP contribution < -0.4 is 5.32 Å². The third kappa shape index (κ3) is 0.920. The van der Waals surface area contributed by atoms with Crippen molar-refractivity contribution in [3.63, 3.8) is 0 Å². The molecule has 1 aliphatic rings. The van der Waals surface area contributed by atoms with Gasteiger partial charge in [0.1, 0.15) is 0 Å². The van der Waals surface area contributed by atoms with Crippen LogP contribution in [0.15, 0.2) is 12.7 Å². The molecule has 0 unspecified atom stereocenters. The third-order valence-electron chi connectivity index (χ3n) is 1.85. The largest absolute Gasteiger partial charge is 0.319 e. The fourth-order valence-electron chi connectivity index (χ4n) is 0.966. The Balaban J connectivity index is 2.30. The summed E-state index contributed by atoms with van der Waals surface area (Å²) in [5.41, 5.74) is 0.495. The second-order valence-corrected chi connectivity index (χ2v) is 2.60. The molecule has 0 spiro atoms. The first-order valence-corrected chi connectivity index (χ1v) is 3.11. The lowest BCUT2D eigenvalue weighted by Gasteiger charge is -2.05. The van der Waals surface area contributed by atoms with E-state index in [9.17, 15) is 0 Å². The highest BCUT2D eigenvalue weighted by molar-refractivity contribution is 5.06. The van der Waals surface area contributed by atoms with Gasteiger partial charge in [-0.1, -0.05) is 6.08 Å². The lowest BCUT2D eigenvalue weighted by molar-refractivity contribution is 0.593. The van der Waals surface area contributed by atoms with Gasteiger partial charge in [-0.25, -0.2) is 0 Å². The quantitative estimate of drug-likeness (QED) is 0.539. The molecule has 1 fully saturated rings. The van der Waals surface area contributed by atoms with Gasteiger partial charge < -0.3 is 5.32 Å². The monoisotopic (exact) mass is 111 g/mol. The normalized spacial score (nSPS) is 22.6. The topological polar surface area (TPSA) is 12.0 Å². The molecule has 0 atom stereocenters. The van der Waals surface area contributed by atoms with Crippen molar-refractivity contribution in [3.8, 4) is 0 Å². The van der Waals surface area contributed by atoms with Gasteiger partial charge in [0.2, 0.25) is 0 Å². The molecule has 0 aromatic carbocycles. The molecule has 1 rings (SSSR count). The molecular weight excluding hydrogens is 98.1 g/mol. The summed E-state index contributed by atoms with van der Waals surface area (Å²) in [7, 11) is 1.99. The molecule has 1 N–H and O–H groups in total. The average Bonchev–Trinajstić information content (AvgIpc) is 2.50. The molecule has 0 aliphatic heterocycles. The van der Waals surface area contributed by atoms with Crippen molar-refractivity contribution in [1.29, 1.82) is 0 Å². The van der Waals surface area contributed by atoms with Crippen LogP contribution in [0.5, 0.6) is 0 Å². The van der Waals surface area contributed by atoms with Gasteiger partial charge in [-0.15, -0.1) is 6.58 Å². The lowest BCUT2D eigenvalue weighted by atomic mass is 10.1. The summed E-state index contributed by atoms with van der Waals surface area (Å²) in [6.07, 6.45) is 4.73. The van der Waals surface area contributed by atoms with E-state index in [1.807, 2.05) is 7.05 Å². The first kappa shape index (κ1) is 5.83. The zero-order chi connectivity index (χ0) is 6.04. The summed E-state index contributed by atoms with van der Waals surface area (Å²) >= 11 is 0. The molecule has 0 saturated heterocycles. The highest BCUT2D eigenvalue weighted by atomic mass is 14.8. The van der Waals surface area contributed by atoms with E-state index >= 15 is 0 Å². The fourth-order valence-corrected chi connectivity index (χ4v) is 0.966. The Morgan fingerprint density at radius 2 is 2.38 bits per heavy atom. The van der Waals surface area contributed by atoms with E-state index in [4.69, 9.17) is 0 Å². The molecule has 0 amide bonds. The molecule has 46 valence electrons. The van der Waals surface area contributed by atoms with E-state index in [1.54, 1.807) is 0 Å². The number of hydrogen-bond donors (Lipinski definition) is 1. The Morgan fingerprint density at radius 3 is 2.50 bits per heavy atom. The Hall–Kier alpha value is -0.300. The van der Waals surface area contributed by atoms with Crippen LogP contribution in [0.3, 0.4) is 0 Å². The van der Waals surface area contributed by atoms with Gasteiger partial charge in [-0.05, 0) is 19.9 Å². The summed E-state index contributed by atoms with van der Waals surface area (Å²) in [6.45, 7) is 4.88. The van der Waals surface area contributed by atoms with E-state index in [2.05, 4.69) is 18.0 Å². The zero-order valence-electron chi connectivity index (χ0n) is 5.41. The minimum atomic E-state index is 0.495. The van der Waals surface area contributed by atoms with Gasteiger partial charge in [0, 0.05) is 12.0 Å².